The predicted octanol–water partition coefficient (Wildman–Crippen LogP) is 2.50. The van der Waals surface area contributed by atoms with Crippen LogP contribution in [0, 0.1) is 35.0 Å². The summed E-state index contributed by atoms with van der Waals surface area (Å²) in [6.45, 7) is 0. The summed E-state index contributed by atoms with van der Waals surface area (Å²) in [6.07, 6.45) is 8.09. The fourth-order valence-corrected chi connectivity index (χ4v) is 3.74. The maximum atomic E-state index is 12.4. The van der Waals surface area contributed by atoms with Gasteiger partial charge in [0, 0.05) is 30.8 Å². The number of aryl methyl sites for hydroxylation is 2. The first-order valence-corrected chi connectivity index (χ1v) is 7.62. The maximum Gasteiger partial charge on any atom is 0.140 e. The normalized spacial score (nSPS) is 29.3. The van der Waals surface area contributed by atoms with Gasteiger partial charge in [0.1, 0.15) is 5.78 Å². The lowest BCUT2D eigenvalue weighted by atomic mass is 9.97. The molecule has 1 aromatic heterocycles. The first kappa shape index (κ1) is 13.4. The third-order valence-electron chi connectivity index (χ3n) is 5.06. The van der Waals surface area contributed by atoms with Crippen LogP contribution in [0.3, 0.4) is 0 Å². The first-order valence-electron chi connectivity index (χ1n) is 7.62. The number of nitrogens with zero attached hydrogens (tertiary/aromatic N) is 3. The van der Waals surface area contributed by atoms with Gasteiger partial charge in [-0.25, -0.2) is 0 Å². The third kappa shape index (κ3) is 2.37. The molecule has 0 saturated heterocycles. The van der Waals surface area contributed by atoms with E-state index in [9.17, 15) is 10.1 Å². The molecule has 3 atom stereocenters. The number of carbonyl (C=O) groups is 1. The minimum Gasteiger partial charge on any atom is -0.299 e. The van der Waals surface area contributed by atoms with E-state index < -0.39 is 0 Å². The molecule has 0 N–H and O–H groups in total. The van der Waals surface area contributed by atoms with Crippen LogP contribution in [-0.2, 0) is 18.3 Å². The second-order valence-corrected chi connectivity index (χ2v) is 6.21. The summed E-state index contributed by atoms with van der Waals surface area (Å²) in [6, 6.07) is 4.36. The number of hydrogen-bond donors (Lipinski definition) is 0. The van der Waals surface area contributed by atoms with Crippen LogP contribution in [0.5, 0.6) is 0 Å². The number of hydrogen-bond acceptors (Lipinski definition) is 3. The highest BCUT2D eigenvalue weighted by molar-refractivity contribution is 5.87. The van der Waals surface area contributed by atoms with Crippen molar-refractivity contribution in [2.24, 2.45) is 30.7 Å². The maximum absolute atomic E-state index is 12.4. The molecule has 20 heavy (non-hydrogen) atoms. The number of aromatic nitrogens is 2. The number of nitriles is 1. The van der Waals surface area contributed by atoms with Gasteiger partial charge in [0.25, 0.3) is 0 Å². The Morgan fingerprint density at radius 1 is 1.50 bits per heavy atom. The van der Waals surface area contributed by atoms with E-state index in [4.69, 9.17) is 0 Å². The molecule has 2 fully saturated rings. The van der Waals surface area contributed by atoms with Crippen molar-refractivity contribution in [3.8, 4) is 6.07 Å². The van der Waals surface area contributed by atoms with E-state index in [0.29, 0.717) is 5.78 Å². The van der Waals surface area contributed by atoms with Gasteiger partial charge in [0.15, 0.2) is 0 Å². The number of carbonyl (C=O) groups excluding carboxylic acids is 1. The van der Waals surface area contributed by atoms with Gasteiger partial charge < -0.3 is 0 Å². The first-order chi connectivity index (χ1) is 9.72. The fraction of sp³-hybridized carbons (Fsp3) is 0.688. The van der Waals surface area contributed by atoms with Crippen molar-refractivity contribution in [3.05, 3.63) is 18.0 Å². The monoisotopic (exact) mass is 271 g/mol. The second kappa shape index (κ2) is 5.40. The van der Waals surface area contributed by atoms with Gasteiger partial charge in [0.05, 0.1) is 12.0 Å². The molecule has 0 bridgehead atoms. The van der Waals surface area contributed by atoms with E-state index >= 15 is 0 Å². The standard InChI is InChI=1S/C16H21N3O/c1-19-12(8-9-18-19)6-7-13-14(10-17)15(13)16(20)11-4-2-3-5-11/h8-9,11,13-15H,2-7H2,1H3. The smallest absolute Gasteiger partial charge is 0.140 e. The minimum atomic E-state index is -0.0312. The molecule has 1 heterocycles. The molecule has 0 amide bonds. The highest BCUT2D eigenvalue weighted by Gasteiger charge is 2.55. The second-order valence-electron chi connectivity index (χ2n) is 6.21. The molecule has 2 aliphatic carbocycles. The molecule has 1 aromatic rings. The van der Waals surface area contributed by atoms with Gasteiger partial charge in [-0.05, 0) is 37.7 Å². The Balaban J connectivity index is 1.58. The van der Waals surface area contributed by atoms with E-state index in [-0.39, 0.29) is 23.7 Å². The Morgan fingerprint density at radius 2 is 2.25 bits per heavy atom. The van der Waals surface area contributed by atoms with Crippen molar-refractivity contribution in [2.75, 3.05) is 0 Å². The van der Waals surface area contributed by atoms with E-state index in [1.54, 1.807) is 6.20 Å². The SMILES string of the molecule is Cn1nccc1CCC1C(C#N)C1C(=O)C1CCCC1. The third-order valence-corrected chi connectivity index (χ3v) is 5.06. The van der Waals surface area contributed by atoms with Gasteiger partial charge in [-0.1, -0.05) is 12.8 Å². The molecule has 0 aromatic carbocycles. The molecule has 3 rings (SSSR count). The molecule has 2 saturated carbocycles. The molecular formula is C16H21N3O. The molecular weight excluding hydrogens is 250 g/mol. The van der Waals surface area contributed by atoms with Crippen LogP contribution in [0.15, 0.2) is 12.3 Å². The van der Waals surface area contributed by atoms with Crippen LogP contribution in [0.4, 0.5) is 0 Å². The van der Waals surface area contributed by atoms with Crippen molar-refractivity contribution in [1.82, 2.24) is 9.78 Å². The van der Waals surface area contributed by atoms with E-state index in [1.807, 2.05) is 17.8 Å². The quantitative estimate of drug-likeness (QED) is 0.826. The van der Waals surface area contributed by atoms with Crippen LogP contribution >= 0.6 is 0 Å². The van der Waals surface area contributed by atoms with Gasteiger partial charge in [-0.15, -0.1) is 0 Å². The molecule has 2 aliphatic rings. The van der Waals surface area contributed by atoms with Gasteiger partial charge >= 0.3 is 0 Å². The average Bonchev–Trinajstić information content (AvgIpc) is 2.83. The average molecular weight is 271 g/mol. The van der Waals surface area contributed by atoms with E-state index in [1.165, 1.54) is 18.5 Å². The van der Waals surface area contributed by atoms with Crippen molar-refractivity contribution in [3.63, 3.8) is 0 Å². The summed E-state index contributed by atoms with van der Waals surface area (Å²) in [7, 11) is 1.94. The van der Waals surface area contributed by atoms with Crippen LogP contribution in [0.25, 0.3) is 0 Å². The van der Waals surface area contributed by atoms with Crippen LogP contribution < -0.4 is 0 Å². The van der Waals surface area contributed by atoms with E-state index in [2.05, 4.69) is 11.2 Å². The van der Waals surface area contributed by atoms with Crippen molar-refractivity contribution in [2.45, 2.75) is 38.5 Å². The lowest BCUT2D eigenvalue weighted by Gasteiger charge is -2.07. The Bertz CT molecular complexity index is 536. The lowest BCUT2D eigenvalue weighted by molar-refractivity contribution is -0.124. The molecule has 3 unspecified atom stereocenters. The molecule has 4 heteroatoms. The zero-order chi connectivity index (χ0) is 14.1. The Morgan fingerprint density at radius 3 is 2.85 bits per heavy atom. The Hall–Kier alpha value is -1.63. The van der Waals surface area contributed by atoms with Crippen molar-refractivity contribution < 1.29 is 4.79 Å². The molecule has 0 spiro atoms. The number of ketones is 1. The highest BCUT2D eigenvalue weighted by atomic mass is 16.1. The Kier molecular flexibility index (Phi) is 3.60. The largest absolute Gasteiger partial charge is 0.299 e. The summed E-state index contributed by atoms with van der Waals surface area (Å²) in [5.74, 6) is 0.900. The summed E-state index contributed by atoms with van der Waals surface area (Å²) in [4.78, 5) is 12.4. The summed E-state index contributed by atoms with van der Waals surface area (Å²) in [5.41, 5.74) is 1.18. The van der Waals surface area contributed by atoms with Crippen LogP contribution in [-0.4, -0.2) is 15.6 Å². The highest BCUT2D eigenvalue weighted by Crippen LogP contribution is 2.51. The zero-order valence-corrected chi connectivity index (χ0v) is 12.0. The summed E-state index contributed by atoms with van der Waals surface area (Å²) >= 11 is 0. The van der Waals surface area contributed by atoms with Crippen LogP contribution in [0.1, 0.15) is 37.8 Å². The minimum absolute atomic E-state index is 0.0244. The Labute approximate surface area is 119 Å². The predicted molar refractivity (Wildman–Crippen MR) is 74.6 cm³/mol. The van der Waals surface area contributed by atoms with E-state index in [0.717, 1.165) is 25.7 Å². The fourth-order valence-electron chi connectivity index (χ4n) is 3.74. The topological polar surface area (TPSA) is 58.7 Å². The molecule has 106 valence electrons. The number of Topliss-reactive ketones (excluding diaryl/α,β-unsaturated/α-hetero) is 1. The van der Waals surface area contributed by atoms with Crippen molar-refractivity contribution >= 4 is 5.78 Å². The lowest BCUT2D eigenvalue weighted by Crippen LogP contribution is -2.14. The number of rotatable bonds is 5. The van der Waals surface area contributed by atoms with Gasteiger partial charge in [0.2, 0.25) is 0 Å². The van der Waals surface area contributed by atoms with Gasteiger partial charge in [-0.2, -0.15) is 10.4 Å². The molecule has 0 radical (unpaired) electrons. The van der Waals surface area contributed by atoms with Crippen molar-refractivity contribution in [1.29, 1.82) is 5.26 Å². The summed E-state index contributed by atoms with van der Waals surface area (Å²) in [5, 5.41) is 13.4. The zero-order valence-electron chi connectivity index (χ0n) is 12.0. The molecule has 4 nitrogen and oxygen atoms in total. The van der Waals surface area contributed by atoms with Crippen LogP contribution in [0.2, 0.25) is 0 Å². The molecule has 0 aliphatic heterocycles. The summed E-state index contributed by atoms with van der Waals surface area (Å²) < 4.78 is 1.87. The van der Waals surface area contributed by atoms with Gasteiger partial charge in [-0.3, -0.25) is 9.48 Å².